The Morgan fingerprint density at radius 2 is 2.00 bits per heavy atom. The zero-order valence-electron chi connectivity index (χ0n) is 12.6. The highest BCUT2D eigenvalue weighted by molar-refractivity contribution is 5.49. The first-order valence-corrected chi connectivity index (χ1v) is 7.39. The zero-order valence-corrected chi connectivity index (χ0v) is 12.6. The number of anilines is 2. The molecule has 0 amide bonds. The maximum atomic E-state index is 4.58. The summed E-state index contributed by atoms with van der Waals surface area (Å²) in [5.74, 6) is 4.34. The number of rotatable bonds is 4. The van der Waals surface area contributed by atoms with Gasteiger partial charge in [0.1, 0.15) is 17.5 Å². The van der Waals surface area contributed by atoms with Gasteiger partial charge in [0.05, 0.1) is 0 Å². The molecule has 1 N–H and O–H groups in total. The molecule has 1 fully saturated rings. The van der Waals surface area contributed by atoms with Crippen LogP contribution in [-0.2, 0) is 0 Å². The van der Waals surface area contributed by atoms with Crippen LogP contribution in [0.4, 0.5) is 11.6 Å². The predicted molar refractivity (Wildman–Crippen MR) is 80.7 cm³/mol. The topological polar surface area (TPSA) is 41.1 Å². The number of aromatic nitrogens is 2. The molecule has 1 aliphatic heterocycles. The highest BCUT2D eigenvalue weighted by Gasteiger charge is 2.17. The van der Waals surface area contributed by atoms with Crippen molar-refractivity contribution in [2.24, 2.45) is 11.8 Å². The van der Waals surface area contributed by atoms with Gasteiger partial charge < -0.3 is 10.2 Å². The number of nitrogens with zero attached hydrogens (tertiary/aromatic N) is 3. The summed E-state index contributed by atoms with van der Waals surface area (Å²) < 4.78 is 0. The molecule has 19 heavy (non-hydrogen) atoms. The summed E-state index contributed by atoms with van der Waals surface area (Å²) in [5, 5.41) is 3.40. The van der Waals surface area contributed by atoms with Crippen molar-refractivity contribution in [1.82, 2.24) is 9.97 Å². The number of nitrogens with one attached hydrogen (secondary N) is 1. The lowest BCUT2D eigenvalue weighted by Gasteiger charge is -2.31. The summed E-state index contributed by atoms with van der Waals surface area (Å²) in [4.78, 5) is 11.4. The van der Waals surface area contributed by atoms with Crippen LogP contribution in [0.1, 0.15) is 39.4 Å². The van der Waals surface area contributed by atoms with Crippen molar-refractivity contribution in [3.8, 4) is 0 Å². The summed E-state index contributed by atoms with van der Waals surface area (Å²) in [6.07, 6.45) is 2.52. The Kier molecular flexibility index (Phi) is 4.61. The van der Waals surface area contributed by atoms with Gasteiger partial charge in [0.25, 0.3) is 0 Å². The van der Waals surface area contributed by atoms with Crippen LogP contribution in [0.3, 0.4) is 0 Å². The molecule has 4 heteroatoms. The van der Waals surface area contributed by atoms with Gasteiger partial charge in [-0.1, -0.05) is 20.8 Å². The Labute approximate surface area is 116 Å². The first kappa shape index (κ1) is 14.1. The Morgan fingerprint density at radius 1 is 1.32 bits per heavy atom. The van der Waals surface area contributed by atoms with E-state index in [4.69, 9.17) is 0 Å². The fraction of sp³-hybridized carbons (Fsp3) is 0.733. The number of hydrogen-bond acceptors (Lipinski definition) is 4. The third-order valence-electron chi connectivity index (χ3n) is 3.62. The standard InChI is InChI=1S/C15H26N4/c1-11(2)10-16-14-9-15(18-13(4)17-14)19-7-5-12(3)6-8-19/h9,11-12H,5-8,10H2,1-4H3,(H,16,17,18). The van der Waals surface area contributed by atoms with Crippen LogP contribution in [0.25, 0.3) is 0 Å². The summed E-state index contributed by atoms with van der Waals surface area (Å²) in [7, 11) is 0. The first-order valence-electron chi connectivity index (χ1n) is 7.39. The van der Waals surface area contributed by atoms with Crippen molar-refractivity contribution in [2.45, 2.75) is 40.5 Å². The van der Waals surface area contributed by atoms with Gasteiger partial charge in [-0.25, -0.2) is 9.97 Å². The molecule has 0 unspecified atom stereocenters. The molecular formula is C15H26N4. The summed E-state index contributed by atoms with van der Waals surface area (Å²) in [5.41, 5.74) is 0. The van der Waals surface area contributed by atoms with E-state index in [1.165, 1.54) is 12.8 Å². The van der Waals surface area contributed by atoms with Crippen LogP contribution < -0.4 is 10.2 Å². The third-order valence-corrected chi connectivity index (χ3v) is 3.62. The van der Waals surface area contributed by atoms with Crippen molar-refractivity contribution >= 4 is 11.6 Å². The van der Waals surface area contributed by atoms with E-state index in [0.717, 1.165) is 43.0 Å². The Bertz CT molecular complexity index is 409. The highest BCUT2D eigenvalue weighted by atomic mass is 15.2. The van der Waals surface area contributed by atoms with E-state index in [1.54, 1.807) is 0 Å². The van der Waals surface area contributed by atoms with Gasteiger partial charge in [-0.15, -0.1) is 0 Å². The maximum Gasteiger partial charge on any atom is 0.134 e. The van der Waals surface area contributed by atoms with E-state index in [0.29, 0.717) is 5.92 Å². The highest BCUT2D eigenvalue weighted by Crippen LogP contribution is 2.23. The summed E-state index contributed by atoms with van der Waals surface area (Å²) in [6.45, 7) is 11.9. The van der Waals surface area contributed by atoms with Crippen LogP contribution in [-0.4, -0.2) is 29.6 Å². The second-order valence-electron chi connectivity index (χ2n) is 6.10. The van der Waals surface area contributed by atoms with Crippen LogP contribution in [0, 0.1) is 18.8 Å². The van der Waals surface area contributed by atoms with Crippen LogP contribution in [0.2, 0.25) is 0 Å². The number of piperidine rings is 1. The molecule has 0 spiro atoms. The van der Waals surface area contributed by atoms with Gasteiger partial charge >= 0.3 is 0 Å². The molecule has 0 atom stereocenters. The van der Waals surface area contributed by atoms with Crippen LogP contribution >= 0.6 is 0 Å². The molecule has 1 aliphatic rings. The van der Waals surface area contributed by atoms with Crippen molar-refractivity contribution < 1.29 is 0 Å². The molecule has 4 nitrogen and oxygen atoms in total. The molecule has 0 saturated carbocycles. The van der Waals surface area contributed by atoms with Gasteiger partial charge in [0, 0.05) is 25.7 Å². The molecule has 1 aromatic heterocycles. The Morgan fingerprint density at radius 3 is 2.63 bits per heavy atom. The fourth-order valence-corrected chi connectivity index (χ4v) is 2.35. The molecule has 0 aromatic carbocycles. The minimum Gasteiger partial charge on any atom is -0.370 e. The van der Waals surface area contributed by atoms with Crippen molar-refractivity contribution in [1.29, 1.82) is 0 Å². The minimum absolute atomic E-state index is 0.620. The average Bonchev–Trinajstić information content (AvgIpc) is 2.36. The lowest BCUT2D eigenvalue weighted by molar-refractivity contribution is 0.436. The Balaban J connectivity index is 2.07. The van der Waals surface area contributed by atoms with Crippen molar-refractivity contribution in [3.05, 3.63) is 11.9 Å². The van der Waals surface area contributed by atoms with Crippen molar-refractivity contribution in [3.63, 3.8) is 0 Å². The average molecular weight is 262 g/mol. The molecular weight excluding hydrogens is 236 g/mol. The van der Waals surface area contributed by atoms with Gasteiger partial charge in [0.2, 0.25) is 0 Å². The molecule has 1 aromatic rings. The third kappa shape index (κ3) is 4.08. The van der Waals surface area contributed by atoms with Gasteiger partial charge in [-0.2, -0.15) is 0 Å². The SMILES string of the molecule is Cc1nc(NCC(C)C)cc(N2CCC(C)CC2)n1. The second-order valence-corrected chi connectivity index (χ2v) is 6.10. The van der Waals surface area contributed by atoms with E-state index < -0.39 is 0 Å². The zero-order chi connectivity index (χ0) is 13.8. The summed E-state index contributed by atoms with van der Waals surface area (Å²) in [6, 6.07) is 2.09. The molecule has 106 valence electrons. The second kappa shape index (κ2) is 6.22. The number of aryl methyl sites for hydroxylation is 1. The van der Waals surface area contributed by atoms with E-state index in [-0.39, 0.29) is 0 Å². The lowest BCUT2D eigenvalue weighted by atomic mass is 9.99. The van der Waals surface area contributed by atoms with E-state index in [1.807, 2.05) is 6.92 Å². The maximum absolute atomic E-state index is 4.58. The molecule has 2 heterocycles. The van der Waals surface area contributed by atoms with Crippen LogP contribution in [0.5, 0.6) is 0 Å². The van der Waals surface area contributed by atoms with E-state index in [9.17, 15) is 0 Å². The van der Waals surface area contributed by atoms with Crippen LogP contribution in [0.15, 0.2) is 6.07 Å². The summed E-state index contributed by atoms with van der Waals surface area (Å²) >= 11 is 0. The molecule has 2 rings (SSSR count). The van der Waals surface area contributed by atoms with Gasteiger partial charge in [-0.05, 0) is 31.6 Å². The molecule has 1 saturated heterocycles. The largest absolute Gasteiger partial charge is 0.370 e. The van der Waals surface area contributed by atoms with Crippen molar-refractivity contribution in [2.75, 3.05) is 29.9 Å². The minimum atomic E-state index is 0.620. The lowest BCUT2D eigenvalue weighted by Crippen LogP contribution is -2.33. The Hall–Kier alpha value is -1.32. The van der Waals surface area contributed by atoms with Gasteiger partial charge in [-0.3, -0.25) is 0 Å². The smallest absolute Gasteiger partial charge is 0.134 e. The van der Waals surface area contributed by atoms with E-state index in [2.05, 4.69) is 47.0 Å². The molecule has 0 bridgehead atoms. The first-order chi connectivity index (χ1) is 9.04. The van der Waals surface area contributed by atoms with Gasteiger partial charge in [0.15, 0.2) is 0 Å². The monoisotopic (exact) mass is 262 g/mol. The fourth-order valence-electron chi connectivity index (χ4n) is 2.35. The normalized spacial score (nSPS) is 17.0. The predicted octanol–water partition coefficient (Wildman–Crippen LogP) is 3.09. The van der Waals surface area contributed by atoms with E-state index >= 15 is 0 Å². The number of hydrogen-bond donors (Lipinski definition) is 1. The molecule has 0 radical (unpaired) electrons. The quantitative estimate of drug-likeness (QED) is 0.905. The molecule has 0 aliphatic carbocycles.